The highest BCUT2D eigenvalue weighted by Crippen LogP contribution is 2.25. The molecule has 0 radical (unpaired) electrons. The first-order valence-corrected chi connectivity index (χ1v) is 7.12. The third kappa shape index (κ3) is 4.74. The quantitative estimate of drug-likeness (QED) is 0.855. The maximum Gasteiger partial charge on any atom is 0.226 e. The Hall–Kier alpha value is -0.940. The lowest BCUT2D eigenvalue weighted by molar-refractivity contribution is -0.120. The van der Waals surface area contributed by atoms with Crippen molar-refractivity contribution < 1.29 is 4.79 Å². The summed E-state index contributed by atoms with van der Waals surface area (Å²) in [7, 11) is 0. The summed E-state index contributed by atoms with van der Waals surface area (Å²) in [5, 5.41) is 5.91. The van der Waals surface area contributed by atoms with E-state index in [-0.39, 0.29) is 11.3 Å². The monoisotopic (exact) mass is 269 g/mol. The third-order valence-electron chi connectivity index (χ3n) is 2.59. The van der Waals surface area contributed by atoms with Crippen LogP contribution in [0.5, 0.6) is 0 Å². The largest absolute Gasteiger partial charge is 0.355 e. The molecule has 3 N–H and O–H groups in total. The van der Waals surface area contributed by atoms with Crippen molar-refractivity contribution in [1.82, 2.24) is 10.3 Å². The summed E-state index contributed by atoms with van der Waals surface area (Å²) in [5.41, 5.74) is 6.40. The molecule has 1 aromatic rings. The second-order valence-corrected chi connectivity index (χ2v) is 6.57. The summed E-state index contributed by atoms with van der Waals surface area (Å²) >= 11 is 1.62. The number of rotatable bonds is 5. The van der Waals surface area contributed by atoms with Crippen molar-refractivity contribution in [3.63, 3.8) is 0 Å². The zero-order valence-electron chi connectivity index (χ0n) is 11.6. The van der Waals surface area contributed by atoms with Gasteiger partial charge in [0, 0.05) is 17.3 Å². The maximum absolute atomic E-state index is 11.7. The first-order valence-electron chi connectivity index (χ1n) is 6.24. The highest BCUT2D eigenvalue weighted by Gasteiger charge is 2.18. The summed E-state index contributed by atoms with van der Waals surface area (Å²) in [6.45, 7) is 9.60. The van der Waals surface area contributed by atoms with E-state index in [0.29, 0.717) is 25.4 Å². The van der Waals surface area contributed by atoms with E-state index in [2.05, 4.69) is 31.1 Å². The molecule has 0 aliphatic heterocycles. The number of hydrogen-bond acceptors (Lipinski definition) is 4. The van der Waals surface area contributed by atoms with E-state index in [1.807, 2.05) is 12.3 Å². The van der Waals surface area contributed by atoms with Gasteiger partial charge in [-0.25, -0.2) is 4.98 Å². The van der Waals surface area contributed by atoms with Crippen LogP contribution >= 0.6 is 11.3 Å². The molecule has 1 rings (SSSR count). The molecular weight excluding hydrogens is 246 g/mol. The molecule has 0 spiro atoms. The van der Waals surface area contributed by atoms with Crippen molar-refractivity contribution in [2.24, 2.45) is 11.7 Å². The lowest BCUT2D eigenvalue weighted by atomic mass is 9.98. The summed E-state index contributed by atoms with van der Waals surface area (Å²) in [6, 6.07) is 0. The van der Waals surface area contributed by atoms with Crippen molar-refractivity contribution in [1.29, 1.82) is 0 Å². The number of nitrogens with one attached hydrogen (secondary N) is 1. The van der Waals surface area contributed by atoms with Gasteiger partial charge in [-0.05, 0) is 12.5 Å². The fraction of sp³-hybridized carbons (Fsp3) is 0.692. The Bertz CT molecular complexity index is 395. The summed E-state index contributed by atoms with van der Waals surface area (Å²) in [5.74, 6) is 0.329. The number of aromatic nitrogens is 1. The Balaban J connectivity index is 2.48. The molecule has 0 bridgehead atoms. The van der Waals surface area contributed by atoms with Gasteiger partial charge in [-0.2, -0.15) is 0 Å². The summed E-state index contributed by atoms with van der Waals surface area (Å²) in [6.07, 6.45) is 0.351. The van der Waals surface area contributed by atoms with E-state index in [1.54, 1.807) is 11.3 Å². The lowest BCUT2D eigenvalue weighted by Gasteiger charge is -2.13. The molecule has 0 saturated heterocycles. The van der Waals surface area contributed by atoms with E-state index in [9.17, 15) is 4.79 Å². The van der Waals surface area contributed by atoms with Crippen LogP contribution in [0.1, 0.15) is 38.4 Å². The predicted octanol–water partition coefficient (Wildman–Crippen LogP) is 1.69. The molecular formula is C13H23N3OS. The van der Waals surface area contributed by atoms with Gasteiger partial charge in [-0.1, -0.05) is 27.7 Å². The number of thiazole rings is 1. The Morgan fingerprint density at radius 2 is 2.22 bits per heavy atom. The van der Waals surface area contributed by atoms with Gasteiger partial charge in [0.2, 0.25) is 5.91 Å². The SMILES string of the molecule is CC(CN)CNC(=O)Cc1csc(C(C)(C)C)n1. The van der Waals surface area contributed by atoms with Gasteiger partial charge >= 0.3 is 0 Å². The van der Waals surface area contributed by atoms with Crippen LogP contribution in [0.2, 0.25) is 0 Å². The fourth-order valence-corrected chi connectivity index (χ4v) is 2.24. The molecule has 102 valence electrons. The molecule has 1 amide bonds. The van der Waals surface area contributed by atoms with Gasteiger partial charge in [0.05, 0.1) is 17.1 Å². The van der Waals surface area contributed by atoms with Crippen LogP contribution in [0.3, 0.4) is 0 Å². The molecule has 1 heterocycles. The minimum absolute atomic E-state index is 0.0149. The van der Waals surface area contributed by atoms with Gasteiger partial charge in [0.1, 0.15) is 0 Å². The molecule has 1 unspecified atom stereocenters. The minimum atomic E-state index is 0.0149. The van der Waals surface area contributed by atoms with Gasteiger partial charge in [-0.15, -0.1) is 11.3 Å². The van der Waals surface area contributed by atoms with Crippen LogP contribution < -0.4 is 11.1 Å². The first-order chi connectivity index (χ1) is 8.32. The van der Waals surface area contributed by atoms with Crippen molar-refractivity contribution in [3.8, 4) is 0 Å². The molecule has 1 aromatic heterocycles. The van der Waals surface area contributed by atoms with Gasteiger partial charge in [-0.3, -0.25) is 4.79 Å². The van der Waals surface area contributed by atoms with Crippen LogP contribution in [0.15, 0.2) is 5.38 Å². The van der Waals surface area contributed by atoms with Crippen molar-refractivity contribution in [3.05, 3.63) is 16.1 Å². The van der Waals surface area contributed by atoms with Gasteiger partial charge in [0.15, 0.2) is 0 Å². The van der Waals surface area contributed by atoms with E-state index in [1.165, 1.54) is 0 Å². The molecule has 5 heteroatoms. The molecule has 0 aliphatic carbocycles. The van der Waals surface area contributed by atoms with Crippen LogP contribution in [0.25, 0.3) is 0 Å². The van der Waals surface area contributed by atoms with Crippen LogP contribution in [0, 0.1) is 5.92 Å². The van der Waals surface area contributed by atoms with Crippen LogP contribution in [-0.2, 0) is 16.6 Å². The number of nitrogens with two attached hydrogens (primary N) is 1. The van der Waals surface area contributed by atoms with Crippen LogP contribution in [-0.4, -0.2) is 24.0 Å². The number of hydrogen-bond donors (Lipinski definition) is 2. The van der Waals surface area contributed by atoms with E-state index in [0.717, 1.165) is 10.7 Å². The topological polar surface area (TPSA) is 68.0 Å². The zero-order valence-corrected chi connectivity index (χ0v) is 12.4. The molecule has 0 fully saturated rings. The number of carbonyl (C=O) groups is 1. The number of nitrogens with zero attached hydrogens (tertiary/aromatic N) is 1. The Morgan fingerprint density at radius 1 is 1.56 bits per heavy atom. The first kappa shape index (κ1) is 15.1. The molecule has 0 aliphatic rings. The summed E-state index contributed by atoms with van der Waals surface area (Å²) < 4.78 is 0. The third-order valence-corrected chi connectivity index (χ3v) is 3.90. The highest BCUT2D eigenvalue weighted by atomic mass is 32.1. The molecule has 0 saturated carbocycles. The molecule has 0 aromatic carbocycles. The Labute approximate surface area is 113 Å². The van der Waals surface area contributed by atoms with E-state index < -0.39 is 0 Å². The normalized spacial score (nSPS) is 13.4. The lowest BCUT2D eigenvalue weighted by Crippen LogP contribution is -2.32. The highest BCUT2D eigenvalue weighted by molar-refractivity contribution is 7.09. The van der Waals surface area contributed by atoms with Crippen molar-refractivity contribution in [2.75, 3.05) is 13.1 Å². The molecule has 1 atom stereocenters. The molecule has 18 heavy (non-hydrogen) atoms. The summed E-state index contributed by atoms with van der Waals surface area (Å²) in [4.78, 5) is 16.2. The second-order valence-electron chi connectivity index (χ2n) is 5.72. The smallest absolute Gasteiger partial charge is 0.226 e. The average molecular weight is 269 g/mol. The zero-order chi connectivity index (χ0) is 13.8. The second kappa shape index (κ2) is 6.29. The number of amides is 1. The average Bonchev–Trinajstić information content (AvgIpc) is 2.74. The van der Waals surface area contributed by atoms with Gasteiger partial charge in [0.25, 0.3) is 0 Å². The fourth-order valence-electron chi connectivity index (χ4n) is 1.33. The van der Waals surface area contributed by atoms with E-state index >= 15 is 0 Å². The maximum atomic E-state index is 11.7. The number of carbonyl (C=O) groups excluding carboxylic acids is 1. The predicted molar refractivity (Wildman–Crippen MR) is 75.7 cm³/mol. The van der Waals surface area contributed by atoms with Gasteiger partial charge < -0.3 is 11.1 Å². The van der Waals surface area contributed by atoms with E-state index in [4.69, 9.17) is 5.73 Å². The minimum Gasteiger partial charge on any atom is -0.355 e. The Kier molecular flexibility index (Phi) is 5.28. The molecule has 4 nitrogen and oxygen atoms in total. The van der Waals surface area contributed by atoms with Crippen LogP contribution in [0.4, 0.5) is 0 Å². The Morgan fingerprint density at radius 3 is 2.72 bits per heavy atom. The van der Waals surface area contributed by atoms with Crippen molar-refractivity contribution >= 4 is 17.2 Å². The van der Waals surface area contributed by atoms with Crippen molar-refractivity contribution in [2.45, 2.75) is 39.5 Å². The standard InChI is InChI=1S/C13H23N3OS/c1-9(6-14)7-15-11(17)5-10-8-18-12(16-10)13(2,3)4/h8-9H,5-7,14H2,1-4H3,(H,15,17).